The lowest BCUT2D eigenvalue weighted by Gasteiger charge is -2.17. The molecule has 0 aromatic carbocycles. The molecular formula is C14H23NO7P2. The fourth-order valence-electron chi connectivity index (χ4n) is 1.97. The zero-order valence-electron chi connectivity index (χ0n) is 13.4. The Labute approximate surface area is 141 Å². The van der Waals surface area contributed by atoms with Crippen molar-refractivity contribution in [2.24, 2.45) is 0 Å². The minimum atomic E-state index is -3.70. The van der Waals surface area contributed by atoms with Crippen LogP contribution in [0.4, 0.5) is 0 Å². The van der Waals surface area contributed by atoms with Crippen molar-refractivity contribution in [2.45, 2.75) is 25.3 Å². The topological polar surface area (TPSA) is 108 Å². The van der Waals surface area contributed by atoms with Crippen LogP contribution in [0.1, 0.15) is 19.3 Å². The number of carbonyl (C=O) groups excluding carboxylic acids is 2. The van der Waals surface area contributed by atoms with Gasteiger partial charge in [-0.25, -0.2) is 4.79 Å². The van der Waals surface area contributed by atoms with Crippen LogP contribution in [0.3, 0.4) is 0 Å². The summed E-state index contributed by atoms with van der Waals surface area (Å²) in [5.41, 5.74) is 0. The van der Waals surface area contributed by atoms with Crippen LogP contribution in [0.25, 0.3) is 0 Å². The van der Waals surface area contributed by atoms with Crippen molar-refractivity contribution in [2.75, 3.05) is 25.9 Å². The predicted octanol–water partition coefficient (Wildman–Crippen LogP) is 2.27. The number of esters is 2. The maximum absolute atomic E-state index is 12.6. The van der Waals surface area contributed by atoms with Crippen molar-refractivity contribution in [1.29, 1.82) is 0 Å². The summed E-state index contributed by atoms with van der Waals surface area (Å²) in [6, 6.07) is -0.493. The Kier molecular flexibility index (Phi) is 9.41. The minimum absolute atomic E-state index is 0.0461. The molecule has 0 spiro atoms. The van der Waals surface area contributed by atoms with E-state index in [4.69, 9.17) is 13.8 Å². The number of carbonyl (C=O) groups is 2. The van der Waals surface area contributed by atoms with Crippen LogP contribution in [0.5, 0.6) is 0 Å². The molecule has 0 aliphatic carbocycles. The Balaban J connectivity index is 2.55. The Morgan fingerprint density at radius 2 is 2.00 bits per heavy atom. The van der Waals surface area contributed by atoms with Crippen molar-refractivity contribution in [3.05, 3.63) is 25.3 Å². The van der Waals surface area contributed by atoms with E-state index in [-0.39, 0.29) is 25.8 Å². The summed E-state index contributed by atoms with van der Waals surface area (Å²) in [7, 11) is -6.74. The highest BCUT2D eigenvalue weighted by Gasteiger charge is 2.33. The van der Waals surface area contributed by atoms with Crippen LogP contribution in [-0.4, -0.2) is 43.9 Å². The number of hydrogen-bond donors (Lipinski definition) is 1. The number of rotatable bonds is 11. The minimum Gasteiger partial charge on any atom is -0.392 e. The van der Waals surface area contributed by atoms with Crippen LogP contribution in [0.15, 0.2) is 25.3 Å². The predicted molar refractivity (Wildman–Crippen MR) is 90.5 cm³/mol. The molecule has 2 unspecified atom stereocenters. The van der Waals surface area contributed by atoms with E-state index >= 15 is 0 Å². The average Bonchev–Trinajstić information content (AvgIpc) is 3.10. The molecule has 1 aliphatic heterocycles. The van der Waals surface area contributed by atoms with Gasteiger partial charge in [0.15, 0.2) is 0 Å². The van der Waals surface area contributed by atoms with Crippen LogP contribution < -0.4 is 5.32 Å². The van der Waals surface area contributed by atoms with Gasteiger partial charge >= 0.3 is 11.9 Å². The molecule has 136 valence electrons. The number of ether oxygens (including phenoxy) is 1. The van der Waals surface area contributed by atoms with E-state index in [1.807, 2.05) is 0 Å². The van der Waals surface area contributed by atoms with E-state index in [0.717, 1.165) is 6.42 Å². The highest BCUT2D eigenvalue weighted by molar-refractivity contribution is 8.23. The van der Waals surface area contributed by atoms with Crippen molar-refractivity contribution in [3.8, 4) is 0 Å². The second-order valence-corrected chi connectivity index (χ2v) is 11.1. The third-order valence-electron chi connectivity index (χ3n) is 3.17. The summed E-state index contributed by atoms with van der Waals surface area (Å²) in [4.78, 5) is 23.5. The first kappa shape index (κ1) is 21.0. The van der Waals surface area contributed by atoms with Gasteiger partial charge in [0, 0.05) is 6.16 Å². The average molecular weight is 379 g/mol. The fourth-order valence-corrected chi connectivity index (χ4v) is 5.90. The summed E-state index contributed by atoms with van der Waals surface area (Å²) in [5, 5.41) is 2.91. The van der Waals surface area contributed by atoms with Gasteiger partial charge in [0.05, 0.1) is 19.6 Å². The molecule has 1 fully saturated rings. The molecule has 0 aromatic heterocycles. The zero-order valence-corrected chi connectivity index (χ0v) is 15.3. The van der Waals surface area contributed by atoms with Crippen molar-refractivity contribution in [1.82, 2.24) is 5.32 Å². The van der Waals surface area contributed by atoms with Gasteiger partial charge in [-0.1, -0.05) is 12.2 Å². The quantitative estimate of drug-likeness (QED) is 0.252. The zero-order chi connectivity index (χ0) is 18.0. The third kappa shape index (κ3) is 6.83. The molecule has 8 nitrogen and oxygen atoms in total. The molecule has 1 saturated heterocycles. The molecule has 0 radical (unpaired) electrons. The SMILES string of the molecule is C=CCO[PH](=O)P(=O)(CCC(=O)OC(=O)[C@@H]1CCCN1)OCC=C. The molecule has 10 heteroatoms. The lowest BCUT2D eigenvalue weighted by molar-refractivity contribution is -0.160. The van der Waals surface area contributed by atoms with Crippen molar-refractivity contribution < 1.29 is 32.5 Å². The van der Waals surface area contributed by atoms with E-state index in [0.29, 0.717) is 13.0 Å². The summed E-state index contributed by atoms with van der Waals surface area (Å²) >= 11 is 0. The van der Waals surface area contributed by atoms with E-state index in [9.17, 15) is 18.7 Å². The Hall–Kier alpha value is -1.04. The van der Waals surface area contributed by atoms with Gasteiger partial charge in [-0.3, -0.25) is 13.9 Å². The number of hydrogen-bond acceptors (Lipinski definition) is 8. The van der Waals surface area contributed by atoms with Crippen LogP contribution in [0, 0.1) is 0 Å². The maximum atomic E-state index is 12.6. The molecule has 0 amide bonds. The standard InChI is InChI=1S/C14H23NO7P2/c1-3-9-20-23(18)24(19,21-10-4-2)11-7-13(16)22-14(17)12-6-5-8-15-12/h3-4,12,15,23H,1-2,5-11H2/t12-,24?/m0/s1. The van der Waals surface area contributed by atoms with E-state index in [1.165, 1.54) is 12.2 Å². The lowest BCUT2D eigenvalue weighted by atomic mass is 10.2. The Bertz CT molecular complexity index is 543. The smallest absolute Gasteiger partial charge is 0.330 e. The monoisotopic (exact) mass is 379 g/mol. The second-order valence-electron chi connectivity index (χ2n) is 5.04. The first-order chi connectivity index (χ1) is 11.4. The van der Waals surface area contributed by atoms with Gasteiger partial charge in [0.25, 0.3) is 14.8 Å². The summed E-state index contributed by atoms with van der Waals surface area (Å²) in [6.45, 7) is 7.39. The molecule has 1 N–H and O–H groups in total. The molecule has 0 saturated carbocycles. The van der Waals surface area contributed by atoms with Crippen molar-refractivity contribution in [3.63, 3.8) is 0 Å². The van der Waals surface area contributed by atoms with Crippen LogP contribution in [0.2, 0.25) is 0 Å². The largest absolute Gasteiger partial charge is 0.392 e. The molecule has 0 bridgehead atoms. The summed E-state index contributed by atoms with van der Waals surface area (Å²) in [5.74, 6) is -1.50. The first-order valence-corrected chi connectivity index (χ1v) is 11.5. The normalized spacial score (nSPS) is 20.8. The molecule has 3 atom stereocenters. The first-order valence-electron chi connectivity index (χ1n) is 7.53. The molecule has 1 rings (SSSR count). The highest BCUT2D eigenvalue weighted by Crippen LogP contribution is 2.70. The van der Waals surface area contributed by atoms with E-state index in [2.05, 4.69) is 18.5 Å². The van der Waals surface area contributed by atoms with E-state index < -0.39 is 32.8 Å². The van der Waals surface area contributed by atoms with Gasteiger partial charge in [-0.15, -0.1) is 13.2 Å². The van der Waals surface area contributed by atoms with Gasteiger partial charge in [-0.2, -0.15) is 0 Å². The molecule has 1 heterocycles. The summed E-state index contributed by atoms with van der Waals surface area (Å²) in [6.07, 6.45) is 3.46. The van der Waals surface area contributed by atoms with Crippen LogP contribution in [-0.2, 0) is 32.5 Å². The van der Waals surface area contributed by atoms with Gasteiger partial charge < -0.3 is 19.1 Å². The molecule has 24 heavy (non-hydrogen) atoms. The fraction of sp³-hybridized carbons (Fsp3) is 0.571. The molecule has 0 aromatic rings. The lowest BCUT2D eigenvalue weighted by Crippen LogP contribution is -2.33. The van der Waals surface area contributed by atoms with E-state index in [1.54, 1.807) is 0 Å². The van der Waals surface area contributed by atoms with Gasteiger partial charge in [-0.05, 0) is 19.4 Å². The summed E-state index contributed by atoms with van der Waals surface area (Å²) < 4.78 is 39.4. The maximum Gasteiger partial charge on any atom is 0.330 e. The third-order valence-corrected chi connectivity index (χ3v) is 8.64. The Morgan fingerprint density at radius 1 is 1.29 bits per heavy atom. The Morgan fingerprint density at radius 3 is 2.58 bits per heavy atom. The van der Waals surface area contributed by atoms with Gasteiger partial charge in [0.1, 0.15) is 6.04 Å². The molecular weight excluding hydrogens is 356 g/mol. The number of nitrogens with one attached hydrogen (secondary N) is 1. The van der Waals surface area contributed by atoms with Gasteiger partial charge in [0.2, 0.25) is 0 Å². The second kappa shape index (κ2) is 10.7. The molecule has 1 aliphatic rings. The van der Waals surface area contributed by atoms with Crippen LogP contribution >= 0.6 is 14.8 Å². The van der Waals surface area contributed by atoms with Crippen molar-refractivity contribution >= 4 is 26.7 Å². The highest BCUT2D eigenvalue weighted by atomic mass is 32.1.